The smallest absolute Gasteiger partial charge is 0.227 e. The highest BCUT2D eigenvalue weighted by Gasteiger charge is 2.30. The van der Waals surface area contributed by atoms with Crippen LogP contribution in [0.4, 0.5) is 0 Å². The van der Waals surface area contributed by atoms with Gasteiger partial charge in [-0.15, -0.1) is 5.10 Å². The summed E-state index contributed by atoms with van der Waals surface area (Å²) in [6.07, 6.45) is 5.40. The van der Waals surface area contributed by atoms with Crippen LogP contribution in [0.15, 0.2) is 48.8 Å². The van der Waals surface area contributed by atoms with E-state index in [2.05, 4.69) is 9.88 Å². The molecule has 9 nitrogen and oxygen atoms in total. The van der Waals surface area contributed by atoms with Crippen LogP contribution in [0.2, 0.25) is 0 Å². The fraction of sp³-hybridized carbons (Fsp3) is 0.440. The van der Waals surface area contributed by atoms with Crippen LogP contribution in [-0.2, 0) is 16.2 Å². The maximum atomic E-state index is 13.1. The van der Waals surface area contributed by atoms with Gasteiger partial charge in [-0.05, 0) is 68.0 Å². The summed E-state index contributed by atoms with van der Waals surface area (Å²) in [6.45, 7) is 4.76. The quantitative estimate of drug-likeness (QED) is 0.488. The van der Waals surface area contributed by atoms with Crippen LogP contribution in [0.5, 0.6) is 5.75 Å². The molecule has 35 heavy (non-hydrogen) atoms. The summed E-state index contributed by atoms with van der Waals surface area (Å²) in [6, 6.07) is 11.6. The van der Waals surface area contributed by atoms with Crippen molar-refractivity contribution in [1.82, 2.24) is 29.1 Å². The minimum atomic E-state index is -0.000589. The first kappa shape index (κ1) is 23.7. The predicted octanol–water partition coefficient (Wildman–Crippen LogP) is 3.00. The van der Waals surface area contributed by atoms with Crippen LogP contribution in [0, 0.1) is 10.7 Å². The van der Waals surface area contributed by atoms with E-state index in [4.69, 9.17) is 26.8 Å². The number of rotatable bonds is 6. The third-order valence-corrected chi connectivity index (χ3v) is 7.01. The van der Waals surface area contributed by atoms with Crippen molar-refractivity contribution in [2.45, 2.75) is 19.5 Å². The maximum Gasteiger partial charge on any atom is 0.227 e. The summed E-state index contributed by atoms with van der Waals surface area (Å²) in [5.74, 6) is 1.77. The molecule has 3 aromatic rings. The van der Waals surface area contributed by atoms with Gasteiger partial charge in [-0.2, -0.15) is 0 Å². The molecule has 2 aliphatic heterocycles. The second-order valence-corrected chi connectivity index (χ2v) is 9.24. The molecule has 5 rings (SSSR count). The molecule has 1 atom stereocenters. The van der Waals surface area contributed by atoms with Gasteiger partial charge in [-0.25, -0.2) is 4.68 Å². The normalized spacial score (nSPS) is 19.0. The average Bonchev–Trinajstić information content (AvgIpc) is 3.25. The molecule has 1 amide bonds. The van der Waals surface area contributed by atoms with Gasteiger partial charge in [0.25, 0.3) is 0 Å². The summed E-state index contributed by atoms with van der Waals surface area (Å²) in [5, 5.41) is 4.92. The van der Waals surface area contributed by atoms with Crippen molar-refractivity contribution < 1.29 is 14.3 Å². The molecular weight excluding hydrogens is 464 g/mol. The molecule has 0 radical (unpaired) electrons. The van der Waals surface area contributed by atoms with Gasteiger partial charge in [0.2, 0.25) is 10.7 Å². The van der Waals surface area contributed by atoms with E-state index in [0.29, 0.717) is 44.3 Å². The zero-order valence-corrected chi connectivity index (χ0v) is 20.7. The van der Waals surface area contributed by atoms with Gasteiger partial charge in [0.1, 0.15) is 5.75 Å². The molecule has 2 aliphatic rings. The first-order chi connectivity index (χ1) is 17.1. The summed E-state index contributed by atoms with van der Waals surface area (Å²) < 4.78 is 15.2. The topological polar surface area (TPSA) is 77.7 Å². The summed E-state index contributed by atoms with van der Waals surface area (Å²) in [4.78, 5) is 21.5. The first-order valence-corrected chi connectivity index (χ1v) is 12.4. The van der Waals surface area contributed by atoms with Gasteiger partial charge in [0.15, 0.2) is 5.82 Å². The van der Waals surface area contributed by atoms with Crippen molar-refractivity contribution in [3.05, 3.63) is 53.6 Å². The fourth-order valence-electron chi connectivity index (χ4n) is 4.77. The Morgan fingerprint density at radius 2 is 1.86 bits per heavy atom. The Morgan fingerprint density at radius 3 is 2.57 bits per heavy atom. The first-order valence-electron chi connectivity index (χ1n) is 12.0. The molecule has 10 heteroatoms. The molecule has 0 aliphatic carbocycles. The SMILES string of the molecule is COc1ccc(-n2c(-c3ccncc3)nn(CN3CCCC(C(=O)N4CCOCC4)C3)c2=S)cc1. The maximum absolute atomic E-state index is 13.1. The van der Waals surface area contributed by atoms with Gasteiger partial charge < -0.3 is 14.4 Å². The number of nitrogens with zero attached hydrogens (tertiary/aromatic N) is 6. The molecule has 1 unspecified atom stereocenters. The van der Waals surface area contributed by atoms with E-state index in [-0.39, 0.29) is 11.8 Å². The lowest BCUT2D eigenvalue weighted by molar-refractivity contribution is -0.141. The molecular formula is C25H30N6O3S. The predicted molar refractivity (Wildman–Crippen MR) is 134 cm³/mol. The number of morpholine rings is 1. The van der Waals surface area contributed by atoms with Crippen LogP contribution in [0.3, 0.4) is 0 Å². The number of methoxy groups -OCH3 is 1. The molecule has 2 fully saturated rings. The van der Waals surface area contributed by atoms with Crippen LogP contribution in [0.1, 0.15) is 12.8 Å². The third kappa shape index (κ3) is 5.14. The lowest BCUT2D eigenvalue weighted by Gasteiger charge is -2.36. The Morgan fingerprint density at radius 1 is 1.11 bits per heavy atom. The number of hydrogen-bond donors (Lipinski definition) is 0. The largest absolute Gasteiger partial charge is 0.497 e. The fourth-order valence-corrected chi connectivity index (χ4v) is 5.06. The Hall–Kier alpha value is -3.08. The summed E-state index contributed by atoms with van der Waals surface area (Å²) >= 11 is 5.91. The highest BCUT2D eigenvalue weighted by molar-refractivity contribution is 7.71. The molecule has 0 N–H and O–H groups in total. The Bertz CT molecular complexity index is 1200. The van der Waals surface area contributed by atoms with Gasteiger partial charge in [-0.3, -0.25) is 19.2 Å². The van der Waals surface area contributed by atoms with Crippen molar-refractivity contribution in [2.24, 2.45) is 5.92 Å². The van der Waals surface area contributed by atoms with E-state index < -0.39 is 0 Å². The Kier molecular flexibility index (Phi) is 7.21. The zero-order chi connectivity index (χ0) is 24.2. The molecule has 4 heterocycles. The lowest BCUT2D eigenvalue weighted by atomic mass is 9.96. The van der Waals surface area contributed by atoms with Crippen molar-refractivity contribution in [3.8, 4) is 22.8 Å². The number of pyridine rings is 1. The van der Waals surface area contributed by atoms with E-state index in [1.54, 1.807) is 19.5 Å². The van der Waals surface area contributed by atoms with Crippen LogP contribution >= 0.6 is 12.2 Å². The second kappa shape index (κ2) is 10.7. The van der Waals surface area contributed by atoms with Crippen molar-refractivity contribution in [2.75, 3.05) is 46.5 Å². The second-order valence-electron chi connectivity index (χ2n) is 8.87. The number of aromatic nitrogens is 4. The molecule has 2 aromatic heterocycles. The molecule has 0 bridgehead atoms. The molecule has 184 valence electrons. The van der Waals surface area contributed by atoms with Crippen molar-refractivity contribution >= 4 is 18.1 Å². The molecule has 2 saturated heterocycles. The van der Waals surface area contributed by atoms with E-state index in [1.807, 2.05) is 50.5 Å². The van der Waals surface area contributed by atoms with Crippen LogP contribution in [-0.4, -0.2) is 81.5 Å². The standard InChI is InChI=1S/C25H30N6O3S/c1-33-22-6-4-21(5-7-22)31-23(19-8-10-26-11-9-19)27-30(25(31)35)18-28-12-2-3-20(17-28)24(32)29-13-15-34-16-14-29/h4-11,20H,2-3,12-18H2,1H3. The van der Waals surface area contributed by atoms with Gasteiger partial charge in [0, 0.05) is 37.6 Å². The van der Waals surface area contributed by atoms with Gasteiger partial charge >= 0.3 is 0 Å². The minimum Gasteiger partial charge on any atom is -0.497 e. The molecule has 0 saturated carbocycles. The molecule has 1 aromatic carbocycles. The highest BCUT2D eigenvalue weighted by Crippen LogP contribution is 2.25. The summed E-state index contributed by atoms with van der Waals surface area (Å²) in [7, 11) is 1.65. The number of amides is 1. The summed E-state index contributed by atoms with van der Waals surface area (Å²) in [5.41, 5.74) is 1.84. The number of benzene rings is 1. The number of piperidine rings is 1. The van der Waals surface area contributed by atoms with E-state index >= 15 is 0 Å². The van der Waals surface area contributed by atoms with Crippen LogP contribution in [0.25, 0.3) is 17.1 Å². The van der Waals surface area contributed by atoms with Crippen molar-refractivity contribution in [3.63, 3.8) is 0 Å². The average molecular weight is 495 g/mol. The van der Waals surface area contributed by atoms with Gasteiger partial charge in [0.05, 0.1) is 38.6 Å². The molecule has 0 spiro atoms. The number of hydrogen-bond acceptors (Lipinski definition) is 7. The highest BCUT2D eigenvalue weighted by atomic mass is 32.1. The number of carbonyl (C=O) groups is 1. The number of ether oxygens (including phenoxy) is 2. The van der Waals surface area contributed by atoms with E-state index in [1.165, 1.54) is 0 Å². The Labute approximate surface area is 209 Å². The number of likely N-dealkylation sites (tertiary alicyclic amines) is 1. The van der Waals surface area contributed by atoms with Crippen molar-refractivity contribution in [1.29, 1.82) is 0 Å². The van der Waals surface area contributed by atoms with E-state index in [0.717, 1.165) is 42.2 Å². The monoisotopic (exact) mass is 494 g/mol. The zero-order valence-electron chi connectivity index (χ0n) is 19.9. The Balaban J connectivity index is 1.41. The lowest BCUT2D eigenvalue weighted by Crippen LogP contribution is -2.48. The third-order valence-electron chi connectivity index (χ3n) is 6.62. The minimum absolute atomic E-state index is 0.000589. The van der Waals surface area contributed by atoms with E-state index in [9.17, 15) is 4.79 Å². The van der Waals surface area contributed by atoms with Gasteiger partial charge in [-0.1, -0.05) is 0 Å². The van der Waals surface area contributed by atoms with Crippen LogP contribution < -0.4 is 4.74 Å². The number of carbonyl (C=O) groups excluding carboxylic acids is 1.